The van der Waals surface area contributed by atoms with Gasteiger partial charge in [0.2, 0.25) is 5.91 Å². The van der Waals surface area contributed by atoms with Crippen molar-refractivity contribution in [3.8, 4) is 11.2 Å². The molecular weight excluding hydrogens is 553 g/mol. The number of nitrogens with two attached hydrogens (primary N) is 2. The first kappa shape index (κ1) is 25.0. The lowest BCUT2D eigenvalue weighted by atomic mass is 9.97. The van der Waals surface area contributed by atoms with E-state index in [-0.39, 0.29) is 17.6 Å². The number of amides is 2. The predicted molar refractivity (Wildman–Crippen MR) is 141 cm³/mol. The van der Waals surface area contributed by atoms with Crippen molar-refractivity contribution in [3.05, 3.63) is 53.6 Å². The lowest BCUT2D eigenvalue weighted by Crippen LogP contribution is -2.38. The van der Waals surface area contributed by atoms with Gasteiger partial charge in [-0.1, -0.05) is 12.0 Å². The van der Waals surface area contributed by atoms with Crippen LogP contribution in [0.3, 0.4) is 0 Å². The van der Waals surface area contributed by atoms with Crippen molar-refractivity contribution in [1.29, 1.82) is 0 Å². The van der Waals surface area contributed by atoms with Gasteiger partial charge in [-0.15, -0.1) is 0 Å². The molecule has 1 aliphatic rings. The summed E-state index contributed by atoms with van der Waals surface area (Å²) in [6, 6.07) is 5.70. The number of benzene rings is 1. The molecule has 0 spiro atoms. The summed E-state index contributed by atoms with van der Waals surface area (Å²) in [6.07, 6.45) is 6.07. The number of fused-ring (bicyclic) bond motifs is 1. The highest BCUT2D eigenvalue weighted by Crippen LogP contribution is 2.30. The molecule has 0 radical (unpaired) electrons. The number of halogens is 1. The van der Waals surface area contributed by atoms with Crippen LogP contribution in [0.5, 0.6) is 0 Å². The van der Waals surface area contributed by atoms with E-state index >= 15 is 0 Å². The quantitative estimate of drug-likeness (QED) is 0.234. The average Bonchev–Trinajstić information content (AvgIpc) is 3.25. The lowest BCUT2D eigenvalue weighted by Gasteiger charge is -2.28. The lowest BCUT2D eigenvalue weighted by molar-refractivity contribution is -0.130. The molecule has 2 heterocycles. The van der Waals surface area contributed by atoms with E-state index in [2.05, 4.69) is 38.5 Å². The fraction of sp³-hybridized carbons (Fsp3) is 0.304. The Hall–Kier alpha value is -2.62. The van der Waals surface area contributed by atoms with Gasteiger partial charge in [0.05, 0.1) is 5.56 Å². The van der Waals surface area contributed by atoms with Crippen LogP contribution in [0.15, 0.2) is 41.1 Å². The predicted octanol–water partition coefficient (Wildman–Crippen LogP) is 3.14. The number of hydrogen-bond donors (Lipinski definition) is 2. The largest absolute Gasteiger partial charge is 0.450 e. The molecule has 2 amide bonds. The molecule has 0 atom stereocenters. The van der Waals surface area contributed by atoms with E-state index in [1.165, 1.54) is 31.2 Å². The van der Waals surface area contributed by atoms with Crippen molar-refractivity contribution < 1.29 is 14.0 Å². The summed E-state index contributed by atoms with van der Waals surface area (Å²) < 4.78 is 5.87. The molecule has 1 aliphatic heterocycles. The Morgan fingerprint density at radius 1 is 1.33 bits per heavy atom. The van der Waals surface area contributed by atoms with Gasteiger partial charge in [-0.2, -0.15) is 0 Å². The SMILES string of the molecule is CN(C)C(=O)c1cc2cc(C3=CCCN(C(=O)CCN(N)/C=C\N)C3)cc(C#CSI)c2o1. The van der Waals surface area contributed by atoms with Crippen LogP contribution in [0.2, 0.25) is 0 Å². The van der Waals surface area contributed by atoms with Crippen LogP contribution >= 0.6 is 30.1 Å². The molecule has 33 heavy (non-hydrogen) atoms. The molecule has 8 nitrogen and oxygen atoms in total. The molecule has 0 fully saturated rings. The van der Waals surface area contributed by atoms with Gasteiger partial charge in [0.15, 0.2) is 11.3 Å². The van der Waals surface area contributed by atoms with Crippen molar-refractivity contribution in [2.45, 2.75) is 12.8 Å². The minimum Gasteiger partial charge on any atom is -0.450 e. The number of rotatable bonds is 6. The second kappa shape index (κ2) is 11.5. The van der Waals surface area contributed by atoms with Crippen LogP contribution in [0, 0.1) is 11.2 Å². The topological polar surface area (TPSA) is 109 Å². The molecule has 3 rings (SSSR count). The third kappa shape index (κ3) is 6.25. The summed E-state index contributed by atoms with van der Waals surface area (Å²) in [5.74, 6) is 8.98. The highest BCUT2D eigenvalue weighted by atomic mass is 127. The highest BCUT2D eigenvalue weighted by molar-refractivity contribution is 14.2. The highest BCUT2D eigenvalue weighted by Gasteiger charge is 2.21. The molecule has 2 aromatic rings. The third-order valence-corrected chi connectivity index (χ3v) is 6.03. The van der Waals surface area contributed by atoms with E-state index < -0.39 is 0 Å². The Morgan fingerprint density at radius 2 is 2.12 bits per heavy atom. The Balaban J connectivity index is 1.88. The van der Waals surface area contributed by atoms with Crippen LogP contribution in [-0.4, -0.2) is 60.4 Å². The Labute approximate surface area is 209 Å². The van der Waals surface area contributed by atoms with Gasteiger partial charge in [0.1, 0.15) is 0 Å². The first-order valence-electron chi connectivity index (χ1n) is 10.3. The molecule has 0 bridgehead atoms. The monoisotopic (exact) mass is 579 g/mol. The van der Waals surface area contributed by atoms with Gasteiger partial charge < -0.3 is 25.0 Å². The van der Waals surface area contributed by atoms with E-state index in [1.54, 1.807) is 20.2 Å². The summed E-state index contributed by atoms with van der Waals surface area (Å²) in [4.78, 5) is 28.4. The third-order valence-electron chi connectivity index (χ3n) is 5.19. The van der Waals surface area contributed by atoms with Crippen LogP contribution in [0.4, 0.5) is 0 Å². The Bertz CT molecular complexity index is 1160. The minimum atomic E-state index is -0.206. The van der Waals surface area contributed by atoms with E-state index in [0.717, 1.165) is 22.9 Å². The van der Waals surface area contributed by atoms with Crippen molar-refractivity contribution in [2.75, 3.05) is 33.7 Å². The summed E-state index contributed by atoms with van der Waals surface area (Å²) in [6.45, 7) is 1.55. The number of carbonyl (C=O) groups excluding carboxylic acids is 2. The summed E-state index contributed by atoms with van der Waals surface area (Å²) in [5, 5.41) is 5.20. The fourth-order valence-corrected chi connectivity index (χ4v) is 4.04. The summed E-state index contributed by atoms with van der Waals surface area (Å²) in [7, 11) is 4.74. The molecule has 0 saturated carbocycles. The number of carbonyl (C=O) groups is 2. The van der Waals surface area contributed by atoms with Gasteiger partial charge in [0.25, 0.3) is 5.91 Å². The van der Waals surface area contributed by atoms with Crippen molar-refractivity contribution in [1.82, 2.24) is 14.8 Å². The van der Waals surface area contributed by atoms with Crippen molar-refractivity contribution >= 4 is 58.5 Å². The van der Waals surface area contributed by atoms with Gasteiger partial charge in [-0.3, -0.25) is 9.59 Å². The van der Waals surface area contributed by atoms with Crippen LogP contribution in [-0.2, 0) is 4.79 Å². The molecule has 0 aliphatic carbocycles. The van der Waals surface area contributed by atoms with Gasteiger partial charge in [0, 0.05) is 79.1 Å². The molecule has 0 saturated heterocycles. The second-order valence-corrected chi connectivity index (χ2v) is 9.40. The van der Waals surface area contributed by atoms with Gasteiger partial charge in [-0.05, 0) is 49.9 Å². The maximum absolute atomic E-state index is 12.7. The average molecular weight is 579 g/mol. The summed E-state index contributed by atoms with van der Waals surface area (Å²) in [5.41, 5.74) is 8.62. The molecular formula is C23H26IN5O3S. The van der Waals surface area contributed by atoms with E-state index in [1.807, 2.05) is 17.0 Å². The maximum atomic E-state index is 12.7. The number of furan rings is 1. The van der Waals surface area contributed by atoms with E-state index in [4.69, 9.17) is 16.0 Å². The van der Waals surface area contributed by atoms with E-state index in [0.29, 0.717) is 37.2 Å². The van der Waals surface area contributed by atoms with Gasteiger partial charge in [-0.25, -0.2) is 5.84 Å². The zero-order valence-electron chi connectivity index (χ0n) is 18.5. The van der Waals surface area contributed by atoms with Crippen molar-refractivity contribution in [3.63, 3.8) is 0 Å². The zero-order chi connectivity index (χ0) is 24.0. The number of hydrogen-bond acceptors (Lipinski definition) is 7. The molecule has 0 unspecified atom stereocenters. The number of nitrogens with zero attached hydrogens (tertiary/aromatic N) is 3. The summed E-state index contributed by atoms with van der Waals surface area (Å²) >= 11 is 2.11. The molecule has 10 heteroatoms. The van der Waals surface area contributed by atoms with E-state index in [9.17, 15) is 9.59 Å². The zero-order valence-corrected chi connectivity index (χ0v) is 21.5. The molecule has 4 N–H and O–H groups in total. The Kier molecular flexibility index (Phi) is 8.71. The fourth-order valence-electron chi connectivity index (χ4n) is 3.57. The molecule has 1 aromatic carbocycles. The first-order valence-corrected chi connectivity index (χ1v) is 13.6. The second-order valence-electron chi connectivity index (χ2n) is 7.72. The van der Waals surface area contributed by atoms with Gasteiger partial charge >= 0.3 is 0 Å². The standard InChI is InChI=1S/C23H26IN5O3S/c1-27(2)23(31)20-14-19-13-18(12-16(6-11-33-24)22(19)32-20)17-4-3-8-28(15-17)21(30)5-9-29(26)10-7-25/h4,7,10,12-14H,3,5,8-9,15,25-26H2,1-2H3/b10-7-. The number of hydrazine groups is 1. The molecule has 1 aromatic heterocycles. The molecule has 174 valence electrons. The van der Waals surface area contributed by atoms with Crippen molar-refractivity contribution in [2.24, 2.45) is 11.6 Å². The maximum Gasteiger partial charge on any atom is 0.289 e. The normalized spacial score (nSPS) is 13.6. The minimum absolute atomic E-state index is 0.0334. The first-order chi connectivity index (χ1) is 15.8. The van der Waals surface area contributed by atoms with Crippen LogP contribution in [0.1, 0.15) is 34.5 Å². The van der Waals surface area contributed by atoms with Crippen LogP contribution in [0.25, 0.3) is 16.5 Å². The van der Waals surface area contributed by atoms with Crippen LogP contribution < -0.4 is 11.6 Å². The smallest absolute Gasteiger partial charge is 0.289 e. The Morgan fingerprint density at radius 3 is 2.82 bits per heavy atom.